The van der Waals surface area contributed by atoms with Gasteiger partial charge < -0.3 is 20.3 Å². The lowest BCUT2D eigenvalue weighted by molar-refractivity contribution is -0.897. The molecule has 0 aliphatic carbocycles. The van der Waals surface area contributed by atoms with Crippen molar-refractivity contribution in [1.82, 2.24) is 10.6 Å². The molecule has 0 saturated carbocycles. The van der Waals surface area contributed by atoms with Crippen LogP contribution < -0.4 is 15.5 Å². The van der Waals surface area contributed by atoms with E-state index in [1.807, 2.05) is 6.92 Å². The van der Waals surface area contributed by atoms with E-state index in [9.17, 15) is 14.4 Å². The smallest absolute Gasteiger partial charge is 0.309 e. The summed E-state index contributed by atoms with van der Waals surface area (Å²) in [6, 6.07) is 0. The Morgan fingerprint density at radius 1 is 1.09 bits per heavy atom. The van der Waals surface area contributed by atoms with Gasteiger partial charge in [-0.05, 0) is 13.3 Å². The van der Waals surface area contributed by atoms with Crippen molar-refractivity contribution in [2.45, 2.75) is 33.1 Å². The molecule has 0 aromatic carbocycles. The van der Waals surface area contributed by atoms with Gasteiger partial charge >= 0.3 is 5.97 Å². The van der Waals surface area contributed by atoms with Crippen molar-refractivity contribution in [1.29, 1.82) is 0 Å². The molecule has 1 rings (SSSR count). The number of piperidine rings is 1. The zero-order chi connectivity index (χ0) is 16.4. The van der Waals surface area contributed by atoms with Crippen molar-refractivity contribution in [3.63, 3.8) is 0 Å². The standard InChI is InChI=1S/C15H27N3O4/c1-3-7-16-13(19)10-17-14(20)11-18-8-5-12(6-9-18)15(21)22-4-2/h12H,3-11H2,1-2H3,(H,16,19)(H,17,20)/p+1. The molecule has 0 radical (unpaired) electrons. The van der Waals surface area contributed by atoms with E-state index in [1.54, 1.807) is 6.92 Å². The molecule has 7 nitrogen and oxygen atoms in total. The van der Waals surface area contributed by atoms with Crippen molar-refractivity contribution in [3.8, 4) is 0 Å². The third-order valence-corrected chi connectivity index (χ3v) is 3.74. The number of likely N-dealkylation sites (tertiary alicyclic amines) is 1. The topological polar surface area (TPSA) is 88.9 Å². The largest absolute Gasteiger partial charge is 0.466 e. The van der Waals surface area contributed by atoms with Gasteiger partial charge in [0.2, 0.25) is 5.91 Å². The van der Waals surface area contributed by atoms with Crippen molar-refractivity contribution in [2.24, 2.45) is 5.92 Å². The van der Waals surface area contributed by atoms with Gasteiger partial charge in [0.15, 0.2) is 6.54 Å². The first-order valence-electron chi connectivity index (χ1n) is 8.10. The third kappa shape index (κ3) is 6.89. The van der Waals surface area contributed by atoms with Crippen LogP contribution in [0.4, 0.5) is 0 Å². The van der Waals surface area contributed by atoms with E-state index in [4.69, 9.17) is 4.74 Å². The predicted octanol–water partition coefficient (Wildman–Crippen LogP) is -1.51. The van der Waals surface area contributed by atoms with Crippen molar-refractivity contribution < 1.29 is 24.0 Å². The van der Waals surface area contributed by atoms with E-state index in [0.29, 0.717) is 19.7 Å². The second-order valence-electron chi connectivity index (χ2n) is 5.58. The second kappa shape index (κ2) is 10.2. The lowest BCUT2D eigenvalue weighted by atomic mass is 9.97. The monoisotopic (exact) mass is 314 g/mol. The number of esters is 1. The minimum Gasteiger partial charge on any atom is -0.466 e. The molecule has 0 aromatic heterocycles. The minimum absolute atomic E-state index is 0.0254. The van der Waals surface area contributed by atoms with Crippen LogP contribution in [0.3, 0.4) is 0 Å². The number of rotatable bonds is 8. The van der Waals surface area contributed by atoms with Gasteiger partial charge in [-0.2, -0.15) is 0 Å². The Morgan fingerprint density at radius 3 is 2.36 bits per heavy atom. The van der Waals surface area contributed by atoms with Crippen LogP contribution in [0.2, 0.25) is 0 Å². The summed E-state index contributed by atoms with van der Waals surface area (Å²) in [7, 11) is 0. The highest BCUT2D eigenvalue weighted by Crippen LogP contribution is 2.11. The van der Waals surface area contributed by atoms with E-state index < -0.39 is 0 Å². The molecular weight excluding hydrogens is 286 g/mol. The van der Waals surface area contributed by atoms with Gasteiger partial charge in [0.25, 0.3) is 5.91 Å². The van der Waals surface area contributed by atoms with E-state index in [1.165, 1.54) is 0 Å². The minimum atomic E-state index is -0.161. The quantitative estimate of drug-likeness (QED) is 0.475. The van der Waals surface area contributed by atoms with Crippen LogP contribution in [-0.4, -0.2) is 57.1 Å². The number of hydrogen-bond donors (Lipinski definition) is 3. The van der Waals surface area contributed by atoms with Gasteiger partial charge in [-0.1, -0.05) is 6.92 Å². The van der Waals surface area contributed by atoms with E-state index in [-0.39, 0.29) is 30.2 Å². The molecule has 0 atom stereocenters. The fourth-order valence-corrected chi connectivity index (χ4v) is 2.49. The number of carbonyl (C=O) groups is 3. The molecule has 1 fully saturated rings. The summed E-state index contributed by atoms with van der Waals surface area (Å²) in [5, 5.41) is 5.34. The zero-order valence-electron chi connectivity index (χ0n) is 13.6. The maximum absolute atomic E-state index is 11.8. The Balaban J connectivity index is 2.19. The second-order valence-corrected chi connectivity index (χ2v) is 5.58. The molecule has 126 valence electrons. The first-order chi connectivity index (χ1) is 10.6. The number of carbonyl (C=O) groups excluding carboxylic acids is 3. The molecule has 1 aliphatic heterocycles. The van der Waals surface area contributed by atoms with Crippen LogP contribution in [-0.2, 0) is 19.1 Å². The number of amides is 2. The summed E-state index contributed by atoms with van der Waals surface area (Å²) in [5.41, 5.74) is 0. The summed E-state index contributed by atoms with van der Waals surface area (Å²) in [5.74, 6) is -0.451. The Labute approximate surface area is 131 Å². The summed E-state index contributed by atoms with van der Waals surface area (Å²) >= 11 is 0. The first kappa shape index (κ1) is 18.4. The molecule has 0 unspecified atom stereocenters. The van der Waals surface area contributed by atoms with Gasteiger partial charge in [-0.25, -0.2) is 0 Å². The lowest BCUT2D eigenvalue weighted by Gasteiger charge is -2.27. The molecule has 7 heteroatoms. The number of quaternary nitrogens is 1. The number of nitrogens with one attached hydrogen (secondary N) is 3. The molecule has 1 heterocycles. The summed E-state index contributed by atoms with van der Waals surface area (Å²) in [4.78, 5) is 36.0. The highest BCUT2D eigenvalue weighted by Gasteiger charge is 2.29. The highest BCUT2D eigenvalue weighted by molar-refractivity contribution is 5.85. The summed E-state index contributed by atoms with van der Waals surface area (Å²) in [6.45, 7) is 6.74. The van der Waals surface area contributed by atoms with E-state index in [0.717, 1.165) is 37.3 Å². The van der Waals surface area contributed by atoms with Gasteiger partial charge in [0.05, 0.1) is 32.2 Å². The third-order valence-electron chi connectivity index (χ3n) is 3.74. The van der Waals surface area contributed by atoms with Crippen LogP contribution in [0.25, 0.3) is 0 Å². The van der Waals surface area contributed by atoms with Crippen molar-refractivity contribution in [2.75, 3.05) is 39.3 Å². The maximum Gasteiger partial charge on any atom is 0.309 e. The van der Waals surface area contributed by atoms with E-state index in [2.05, 4.69) is 10.6 Å². The predicted molar refractivity (Wildman–Crippen MR) is 81.2 cm³/mol. The molecule has 1 aliphatic rings. The normalized spacial score (nSPS) is 21.0. The number of hydrogen-bond acceptors (Lipinski definition) is 4. The molecule has 0 aromatic rings. The maximum atomic E-state index is 11.8. The zero-order valence-corrected chi connectivity index (χ0v) is 13.6. The average molecular weight is 314 g/mol. The Kier molecular flexibility index (Phi) is 8.50. The number of ether oxygens (including phenoxy) is 1. The molecule has 1 saturated heterocycles. The molecule has 3 N–H and O–H groups in total. The van der Waals surface area contributed by atoms with Gasteiger partial charge in [-0.3, -0.25) is 14.4 Å². The van der Waals surface area contributed by atoms with Crippen LogP contribution in [0.1, 0.15) is 33.1 Å². The Morgan fingerprint density at radius 2 is 1.77 bits per heavy atom. The highest BCUT2D eigenvalue weighted by atomic mass is 16.5. The van der Waals surface area contributed by atoms with Crippen molar-refractivity contribution in [3.05, 3.63) is 0 Å². The molecule has 0 bridgehead atoms. The summed E-state index contributed by atoms with van der Waals surface area (Å²) < 4.78 is 5.02. The molecule has 0 spiro atoms. The van der Waals surface area contributed by atoms with E-state index >= 15 is 0 Å². The fraction of sp³-hybridized carbons (Fsp3) is 0.800. The van der Waals surface area contributed by atoms with Crippen LogP contribution in [0, 0.1) is 5.92 Å². The molecule has 2 amide bonds. The Bertz CT molecular complexity index is 379. The fourth-order valence-electron chi connectivity index (χ4n) is 2.49. The van der Waals surface area contributed by atoms with Crippen LogP contribution in [0.5, 0.6) is 0 Å². The first-order valence-corrected chi connectivity index (χ1v) is 8.10. The molecular formula is C15H28N3O4+. The average Bonchev–Trinajstić information content (AvgIpc) is 2.52. The van der Waals surface area contributed by atoms with Gasteiger partial charge in [0.1, 0.15) is 0 Å². The van der Waals surface area contributed by atoms with Gasteiger partial charge in [0, 0.05) is 19.4 Å². The SMILES string of the molecule is CCCNC(=O)CNC(=O)C[NH+]1CCC(C(=O)OCC)CC1. The van der Waals surface area contributed by atoms with Crippen LogP contribution in [0.15, 0.2) is 0 Å². The summed E-state index contributed by atoms with van der Waals surface area (Å²) in [6.07, 6.45) is 2.37. The Hall–Kier alpha value is -1.63. The molecule has 22 heavy (non-hydrogen) atoms. The van der Waals surface area contributed by atoms with Crippen LogP contribution >= 0.6 is 0 Å². The lowest BCUT2D eigenvalue weighted by Crippen LogP contribution is -3.14. The van der Waals surface area contributed by atoms with Gasteiger partial charge in [-0.15, -0.1) is 0 Å². The van der Waals surface area contributed by atoms with Crippen molar-refractivity contribution >= 4 is 17.8 Å².